The molecule has 160 valence electrons. The normalized spacial score (nSPS) is 20.1. The maximum atomic E-state index is 13.0. The quantitative estimate of drug-likeness (QED) is 0.754. The average Bonchev–Trinajstić information content (AvgIpc) is 3.31. The zero-order valence-corrected chi connectivity index (χ0v) is 17.3. The van der Waals surface area contributed by atoms with E-state index in [2.05, 4.69) is 5.32 Å². The summed E-state index contributed by atoms with van der Waals surface area (Å²) in [5.74, 6) is 0.619. The van der Waals surface area contributed by atoms with Gasteiger partial charge in [0.05, 0.1) is 23.8 Å². The van der Waals surface area contributed by atoms with Crippen LogP contribution in [0, 0.1) is 0 Å². The second-order valence-electron chi connectivity index (χ2n) is 7.08. The van der Waals surface area contributed by atoms with Crippen LogP contribution in [0.5, 0.6) is 11.5 Å². The molecule has 0 radical (unpaired) electrons. The maximum Gasteiger partial charge on any atom is 0.253 e. The molecule has 0 saturated carbocycles. The van der Waals surface area contributed by atoms with Gasteiger partial charge in [0.25, 0.3) is 5.91 Å². The van der Waals surface area contributed by atoms with Crippen LogP contribution in [0.1, 0.15) is 12.8 Å². The number of benzene rings is 2. The highest BCUT2D eigenvalue weighted by molar-refractivity contribution is 7.89. The summed E-state index contributed by atoms with van der Waals surface area (Å²) in [4.78, 5) is 12.7. The van der Waals surface area contributed by atoms with Crippen LogP contribution in [-0.2, 0) is 24.3 Å². The largest absolute Gasteiger partial charge is 0.455 e. The van der Waals surface area contributed by atoms with Crippen molar-refractivity contribution in [3.63, 3.8) is 0 Å². The first kappa shape index (κ1) is 20.8. The number of sulfonamides is 1. The Bertz CT molecular complexity index is 984. The smallest absolute Gasteiger partial charge is 0.253 e. The number of morpholine rings is 1. The Morgan fingerprint density at radius 2 is 1.83 bits per heavy atom. The van der Waals surface area contributed by atoms with Crippen LogP contribution in [0.4, 0.5) is 5.69 Å². The molecule has 2 aliphatic rings. The van der Waals surface area contributed by atoms with Crippen molar-refractivity contribution in [2.24, 2.45) is 0 Å². The average molecular weight is 432 g/mol. The number of nitrogens with zero attached hydrogens (tertiary/aromatic N) is 1. The van der Waals surface area contributed by atoms with Gasteiger partial charge in [0, 0.05) is 19.7 Å². The van der Waals surface area contributed by atoms with Gasteiger partial charge in [0.15, 0.2) is 5.75 Å². The number of para-hydroxylation sites is 1. The number of ether oxygens (including phenoxy) is 3. The molecule has 9 heteroatoms. The third-order valence-electron chi connectivity index (χ3n) is 5.01. The fourth-order valence-corrected chi connectivity index (χ4v) is 4.84. The van der Waals surface area contributed by atoms with Crippen molar-refractivity contribution in [1.29, 1.82) is 0 Å². The van der Waals surface area contributed by atoms with Gasteiger partial charge >= 0.3 is 0 Å². The highest BCUT2D eigenvalue weighted by atomic mass is 32.2. The Balaban J connectivity index is 1.65. The zero-order valence-electron chi connectivity index (χ0n) is 16.5. The molecule has 1 unspecified atom stereocenters. The van der Waals surface area contributed by atoms with E-state index in [1.54, 1.807) is 18.2 Å². The number of carbonyl (C=O) groups excluding carboxylic acids is 1. The summed E-state index contributed by atoms with van der Waals surface area (Å²) in [6.07, 6.45) is 0.901. The summed E-state index contributed by atoms with van der Waals surface area (Å²) in [5.41, 5.74) is 0.286. The minimum atomic E-state index is -3.71. The maximum absolute atomic E-state index is 13.0. The van der Waals surface area contributed by atoms with E-state index in [9.17, 15) is 13.2 Å². The first-order chi connectivity index (χ1) is 14.5. The van der Waals surface area contributed by atoms with Gasteiger partial charge in [-0.2, -0.15) is 4.31 Å². The number of hydrogen-bond donors (Lipinski definition) is 1. The fraction of sp³-hybridized carbons (Fsp3) is 0.381. The summed E-state index contributed by atoms with van der Waals surface area (Å²) in [6, 6.07) is 13.6. The van der Waals surface area contributed by atoms with Crippen molar-refractivity contribution >= 4 is 21.6 Å². The number of carbonyl (C=O) groups is 1. The van der Waals surface area contributed by atoms with Crippen molar-refractivity contribution in [2.75, 3.05) is 38.2 Å². The van der Waals surface area contributed by atoms with Gasteiger partial charge in [-0.25, -0.2) is 8.42 Å². The van der Waals surface area contributed by atoms with Gasteiger partial charge in [-0.15, -0.1) is 0 Å². The zero-order chi connectivity index (χ0) is 21.0. The molecule has 2 aromatic rings. The molecule has 2 aromatic carbocycles. The highest BCUT2D eigenvalue weighted by Gasteiger charge is 2.29. The number of rotatable bonds is 6. The molecule has 30 heavy (non-hydrogen) atoms. The lowest BCUT2D eigenvalue weighted by molar-refractivity contribution is -0.124. The first-order valence-electron chi connectivity index (χ1n) is 9.91. The second kappa shape index (κ2) is 9.13. The van der Waals surface area contributed by atoms with Crippen LogP contribution in [0.15, 0.2) is 53.4 Å². The molecule has 0 aromatic heterocycles. The molecular weight excluding hydrogens is 408 g/mol. The van der Waals surface area contributed by atoms with Crippen molar-refractivity contribution in [2.45, 2.75) is 23.8 Å². The summed E-state index contributed by atoms with van der Waals surface area (Å²) in [6.45, 7) is 1.84. The molecule has 0 bridgehead atoms. The Morgan fingerprint density at radius 1 is 1.07 bits per heavy atom. The van der Waals surface area contributed by atoms with Gasteiger partial charge in [0.1, 0.15) is 11.9 Å². The third kappa shape index (κ3) is 4.65. The first-order valence-corrected chi connectivity index (χ1v) is 11.4. The van der Waals surface area contributed by atoms with Crippen molar-refractivity contribution in [1.82, 2.24) is 4.31 Å². The monoisotopic (exact) mass is 432 g/mol. The minimum absolute atomic E-state index is 0.0902. The number of hydrogen-bond acceptors (Lipinski definition) is 6. The van der Waals surface area contributed by atoms with E-state index in [4.69, 9.17) is 14.2 Å². The standard InChI is InChI=1S/C21H24N2O6S/c24-21(20-7-4-12-28-20)22-18-15-17(30(25,26)23-10-13-27-14-11-23)8-9-19(18)29-16-5-2-1-3-6-16/h1-3,5-6,8-9,15,20H,4,7,10-14H2,(H,22,24). The molecule has 0 aliphatic carbocycles. The third-order valence-corrected chi connectivity index (χ3v) is 6.90. The van der Waals surface area contributed by atoms with Crippen molar-refractivity contribution in [3.8, 4) is 11.5 Å². The molecule has 8 nitrogen and oxygen atoms in total. The van der Waals surface area contributed by atoms with Gasteiger partial charge in [-0.3, -0.25) is 4.79 Å². The Hall–Kier alpha value is -2.46. The molecule has 1 atom stereocenters. The van der Waals surface area contributed by atoms with Crippen LogP contribution in [0.3, 0.4) is 0 Å². The SMILES string of the molecule is O=C(Nc1cc(S(=O)(=O)N2CCOCC2)ccc1Oc1ccccc1)C1CCCO1. The van der Waals surface area contributed by atoms with Crippen LogP contribution in [0.2, 0.25) is 0 Å². The van der Waals surface area contributed by atoms with Crippen molar-refractivity contribution in [3.05, 3.63) is 48.5 Å². The van der Waals surface area contributed by atoms with E-state index in [1.165, 1.54) is 16.4 Å². The van der Waals surface area contributed by atoms with Crippen LogP contribution >= 0.6 is 0 Å². The van der Waals surface area contributed by atoms with Crippen LogP contribution < -0.4 is 10.1 Å². The Labute approximate surface area is 175 Å². The molecule has 2 aliphatic heterocycles. The number of nitrogens with one attached hydrogen (secondary N) is 1. The lowest BCUT2D eigenvalue weighted by Crippen LogP contribution is -2.40. The molecule has 2 fully saturated rings. The number of amides is 1. The van der Waals surface area contributed by atoms with Gasteiger partial charge in [-0.05, 0) is 43.2 Å². The molecule has 4 rings (SSSR count). The molecule has 2 heterocycles. The topological polar surface area (TPSA) is 94.2 Å². The Morgan fingerprint density at radius 3 is 2.53 bits per heavy atom. The van der Waals surface area contributed by atoms with E-state index < -0.39 is 16.1 Å². The van der Waals surface area contributed by atoms with Crippen molar-refractivity contribution < 1.29 is 27.4 Å². The number of anilines is 1. The molecular formula is C21H24N2O6S. The second-order valence-corrected chi connectivity index (χ2v) is 9.02. The predicted molar refractivity (Wildman–Crippen MR) is 110 cm³/mol. The predicted octanol–water partition coefficient (Wildman–Crippen LogP) is 2.62. The summed E-state index contributed by atoms with van der Waals surface area (Å²) in [5, 5.41) is 2.79. The van der Waals surface area contributed by atoms with Crippen LogP contribution in [-0.4, -0.2) is 57.6 Å². The fourth-order valence-electron chi connectivity index (χ4n) is 3.41. The molecule has 1 N–H and O–H groups in total. The van der Waals surface area contributed by atoms with E-state index in [0.717, 1.165) is 6.42 Å². The molecule has 0 spiro atoms. The molecule has 1 amide bonds. The van der Waals surface area contributed by atoms with E-state index in [0.29, 0.717) is 50.8 Å². The van der Waals surface area contributed by atoms with Gasteiger partial charge < -0.3 is 19.5 Å². The summed E-state index contributed by atoms with van der Waals surface area (Å²) in [7, 11) is -3.71. The van der Waals surface area contributed by atoms with E-state index in [1.807, 2.05) is 18.2 Å². The van der Waals surface area contributed by atoms with Gasteiger partial charge in [0.2, 0.25) is 10.0 Å². The summed E-state index contributed by atoms with van der Waals surface area (Å²) < 4.78 is 44.1. The van der Waals surface area contributed by atoms with E-state index in [-0.39, 0.29) is 16.5 Å². The van der Waals surface area contributed by atoms with Crippen LogP contribution in [0.25, 0.3) is 0 Å². The minimum Gasteiger partial charge on any atom is -0.455 e. The lowest BCUT2D eigenvalue weighted by atomic mass is 10.2. The summed E-state index contributed by atoms with van der Waals surface area (Å²) >= 11 is 0. The lowest BCUT2D eigenvalue weighted by Gasteiger charge is -2.26. The Kier molecular flexibility index (Phi) is 6.33. The van der Waals surface area contributed by atoms with E-state index >= 15 is 0 Å². The van der Waals surface area contributed by atoms with Gasteiger partial charge in [-0.1, -0.05) is 18.2 Å². The molecule has 2 saturated heterocycles. The highest BCUT2D eigenvalue weighted by Crippen LogP contribution is 2.33.